The van der Waals surface area contributed by atoms with Gasteiger partial charge in [-0.05, 0) is 13.3 Å². The van der Waals surface area contributed by atoms with Crippen molar-refractivity contribution in [3.8, 4) is 0 Å². The summed E-state index contributed by atoms with van der Waals surface area (Å²) in [7, 11) is 0. The second kappa shape index (κ2) is 7.37. The van der Waals surface area contributed by atoms with Gasteiger partial charge in [0.2, 0.25) is 5.91 Å². The number of aromatic nitrogens is 1. The number of amides is 1. The first-order chi connectivity index (χ1) is 8.13. The van der Waals surface area contributed by atoms with Gasteiger partial charge in [0.15, 0.2) is 5.13 Å². The van der Waals surface area contributed by atoms with Crippen molar-refractivity contribution in [3.63, 3.8) is 0 Å². The molecular weight excluding hydrogens is 240 g/mol. The van der Waals surface area contributed by atoms with Crippen molar-refractivity contribution in [2.45, 2.75) is 32.8 Å². The van der Waals surface area contributed by atoms with E-state index < -0.39 is 6.10 Å². The summed E-state index contributed by atoms with van der Waals surface area (Å²) in [5, 5.41) is 14.2. The summed E-state index contributed by atoms with van der Waals surface area (Å²) in [5.41, 5.74) is 0.576. The average molecular weight is 258 g/mol. The highest BCUT2D eigenvalue weighted by Gasteiger charge is 2.09. The number of carbonyl (C=O) groups excluding carboxylic acids is 1. The van der Waals surface area contributed by atoms with Crippen molar-refractivity contribution in [1.29, 1.82) is 0 Å². The Labute approximate surface area is 105 Å². The molecular formula is C11H18N2O3S. The fourth-order valence-corrected chi connectivity index (χ4v) is 1.94. The summed E-state index contributed by atoms with van der Waals surface area (Å²) in [6.45, 7) is 4.76. The number of ether oxygens (including phenoxy) is 1. The molecule has 0 aliphatic heterocycles. The van der Waals surface area contributed by atoms with Crippen molar-refractivity contribution < 1.29 is 14.6 Å². The average Bonchev–Trinajstić information content (AvgIpc) is 2.73. The molecule has 0 spiro atoms. The van der Waals surface area contributed by atoms with Crippen LogP contribution in [0.4, 0.5) is 5.13 Å². The van der Waals surface area contributed by atoms with E-state index in [1.54, 1.807) is 12.3 Å². The lowest BCUT2D eigenvalue weighted by Gasteiger charge is -2.02. The number of aliphatic hydroxyl groups is 1. The monoisotopic (exact) mass is 258 g/mol. The standard InChI is InChI=1S/C11H18N2O3S/c1-3-5-16-6-4-10(15)13-11-12-9(7-17-11)8(2)14/h7-8,14H,3-6H2,1-2H3,(H,12,13,15). The Morgan fingerprint density at radius 1 is 1.65 bits per heavy atom. The van der Waals surface area contributed by atoms with Crippen LogP contribution in [0.3, 0.4) is 0 Å². The SMILES string of the molecule is CCCOCCC(=O)Nc1nc(C(C)O)cs1. The highest BCUT2D eigenvalue weighted by Crippen LogP contribution is 2.20. The molecule has 0 aromatic carbocycles. The quantitative estimate of drug-likeness (QED) is 0.733. The van der Waals surface area contributed by atoms with E-state index in [9.17, 15) is 9.90 Å². The highest BCUT2D eigenvalue weighted by atomic mass is 32.1. The summed E-state index contributed by atoms with van der Waals surface area (Å²) in [6, 6.07) is 0. The largest absolute Gasteiger partial charge is 0.387 e. The van der Waals surface area contributed by atoms with Gasteiger partial charge in [-0.3, -0.25) is 4.79 Å². The van der Waals surface area contributed by atoms with Gasteiger partial charge in [-0.25, -0.2) is 4.98 Å². The third-order valence-corrected chi connectivity index (χ3v) is 2.79. The molecule has 0 radical (unpaired) electrons. The molecule has 1 heterocycles. The third-order valence-electron chi connectivity index (χ3n) is 2.02. The van der Waals surface area contributed by atoms with Gasteiger partial charge in [0.05, 0.1) is 24.8 Å². The van der Waals surface area contributed by atoms with Gasteiger partial charge >= 0.3 is 0 Å². The number of nitrogens with one attached hydrogen (secondary N) is 1. The molecule has 0 saturated carbocycles. The first kappa shape index (κ1) is 14.1. The Morgan fingerprint density at radius 2 is 2.41 bits per heavy atom. The molecule has 0 fully saturated rings. The van der Waals surface area contributed by atoms with Gasteiger partial charge < -0.3 is 15.2 Å². The van der Waals surface area contributed by atoms with Crippen LogP contribution in [-0.4, -0.2) is 29.2 Å². The molecule has 0 bridgehead atoms. The lowest BCUT2D eigenvalue weighted by molar-refractivity contribution is -0.117. The predicted molar refractivity (Wildman–Crippen MR) is 67.1 cm³/mol. The molecule has 1 atom stereocenters. The lowest BCUT2D eigenvalue weighted by atomic mass is 10.3. The molecule has 17 heavy (non-hydrogen) atoms. The molecule has 1 amide bonds. The fourth-order valence-electron chi connectivity index (χ4n) is 1.13. The van der Waals surface area contributed by atoms with Crippen LogP contribution in [-0.2, 0) is 9.53 Å². The zero-order valence-corrected chi connectivity index (χ0v) is 10.9. The van der Waals surface area contributed by atoms with E-state index >= 15 is 0 Å². The number of thiazole rings is 1. The molecule has 1 unspecified atom stereocenters. The van der Waals surface area contributed by atoms with Crippen molar-refractivity contribution >= 4 is 22.4 Å². The van der Waals surface area contributed by atoms with Crippen LogP contribution in [0.2, 0.25) is 0 Å². The van der Waals surface area contributed by atoms with Crippen LogP contribution < -0.4 is 5.32 Å². The topological polar surface area (TPSA) is 71.5 Å². The summed E-state index contributed by atoms with van der Waals surface area (Å²) in [4.78, 5) is 15.6. The third kappa shape index (κ3) is 5.25. The minimum Gasteiger partial charge on any atom is -0.387 e. The van der Waals surface area contributed by atoms with E-state index in [2.05, 4.69) is 10.3 Å². The van der Waals surface area contributed by atoms with E-state index in [1.165, 1.54) is 11.3 Å². The van der Waals surface area contributed by atoms with E-state index in [0.29, 0.717) is 30.5 Å². The number of hydrogen-bond donors (Lipinski definition) is 2. The number of rotatable bonds is 7. The minimum absolute atomic E-state index is 0.118. The molecule has 5 nitrogen and oxygen atoms in total. The van der Waals surface area contributed by atoms with Gasteiger partial charge in [-0.1, -0.05) is 6.92 Å². The number of carbonyl (C=O) groups is 1. The van der Waals surface area contributed by atoms with Gasteiger partial charge in [0.1, 0.15) is 0 Å². The smallest absolute Gasteiger partial charge is 0.228 e. The molecule has 96 valence electrons. The number of anilines is 1. The maximum Gasteiger partial charge on any atom is 0.228 e. The van der Waals surface area contributed by atoms with E-state index in [0.717, 1.165) is 6.42 Å². The van der Waals surface area contributed by atoms with E-state index in [-0.39, 0.29) is 5.91 Å². The van der Waals surface area contributed by atoms with E-state index in [4.69, 9.17) is 4.74 Å². The van der Waals surface area contributed by atoms with Crippen LogP contribution >= 0.6 is 11.3 Å². The Kier molecular flexibility index (Phi) is 6.10. The van der Waals surface area contributed by atoms with Crippen molar-refractivity contribution in [3.05, 3.63) is 11.1 Å². The lowest BCUT2D eigenvalue weighted by Crippen LogP contribution is -2.14. The molecule has 6 heteroatoms. The second-order valence-corrected chi connectivity index (χ2v) is 4.52. The van der Waals surface area contributed by atoms with Crippen LogP contribution in [0.1, 0.15) is 38.5 Å². The number of hydrogen-bond acceptors (Lipinski definition) is 5. The second-order valence-electron chi connectivity index (χ2n) is 3.66. The van der Waals surface area contributed by atoms with E-state index in [1.807, 2.05) is 6.92 Å². The Hall–Kier alpha value is -0.980. The number of nitrogens with zero attached hydrogens (tertiary/aromatic N) is 1. The summed E-state index contributed by atoms with van der Waals surface area (Å²) in [6.07, 6.45) is 0.667. The molecule has 1 rings (SSSR count). The predicted octanol–water partition coefficient (Wildman–Crippen LogP) is 1.95. The van der Waals surface area contributed by atoms with Gasteiger partial charge in [0, 0.05) is 12.0 Å². The highest BCUT2D eigenvalue weighted by molar-refractivity contribution is 7.13. The first-order valence-electron chi connectivity index (χ1n) is 5.64. The van der Waals surface area contributed by atoms with Crippen molar-refractivity contribution in [2.24, 2.45) is 0 Å². The Balaban J connectivity index is 2.29. The Morgan fingerprint density at radius 3 is 3.00 bits per heavy atom. The molecule has 0 saturated heterocycles. The van der Waals surface area contributed by atoms with Gasteiger partial charge in [-0.2, -0.15) is 0 Å². The normalized spacial score (nSPS) is 12.4. The van der Waals surface area contributed by atoms with Crippen molar-refractivity contribution in [2.75, 3.05) is 18.5 Å². The maximum absolute atomic E-state index is 11.5. The zero-order valence-electron chi connectivity index (χ0n) is 10.1. The zero-order chi connectivity index (χ0) is 12.7. The molecule has 1 aromatic rings. The summed E-state index contributed by atoms with van der Waals surface area (Å²) >= 11 is 1.31. The summed E-state index contributed by atoms with van der Waals surface area (Å²) < 4.78 is 5.22. The Bertz CT molecular complexity index is 352. The van der Waals surface area contributed by atoms with Crippen LogP contribution in [0.15, 0.2) is 5.38 Å². The summed E-state index contributed by atoms with van der Waals surface area (Å²) in [5.74, 6) is -0.118. The van der Waals surface area contributed by atoms with Crippen LogP contribution in [0.25, 0.3) is 0 Å². The van der Waals surface area contributed by atoms with Gasteiger partial charge in [-0.15, -0.1) is 11.3 Å². The first-order valence-corrected chi connectivity index (χ1v) is 6.52. The maximum atomic E-state index is 11.5. The van der Waals surface area contributed by atoms with Crippen LogP contribution in [0.5, 0.6) is 0 Å². The number of aliphatic hydroxyl groups excluding tert-OH is 1. The minimum atomic E-state index is -0.607. The molecule has 2 N–H and O–H groups in total. The molecule has 0 aliphatic carbocycles. The molecule has 0 aliphatic rings. The van der Waals surface area contributed by atoms with Crippen molar-refractivity contribution in [1.82, 2.24) is 4.98 Å². The molecule has 1 aromatic heterocycles. The van der Waals surface area contributed by atoms with Crippen LogP contribution in [0, 0.1) is 0 Å². The fraction of sp³-hybridized carbons (Fsp3) is 0.636. The van der Waals surface area contributed by atoms with Gasteiger partial charge in [0.25, 0.3) is 0 Å².